The van der Waals surface area contributed by atoms with Crippen LogP contribution in [0.2, 0.25) is 0 Å². The third kappa shape index (κ3) is 4.32. The van der Waals surface area contributed by atoms with Gasteiger partial charge in [-0.3, -0.25) is 15.1 Å². The zero-order chi connectivity index (χ0) is 20.1. The molecule has 1 N–H and O–H groups in total. The summed E-state index contributed by atoms with van der Waals surface area (Å²) in [7, 11) is 1.62. The maximum atomic E-state index is 11.2. The Kier molecular flexibility index (Phi) is 5.96. The quantitative estimate of drug-likeness (QED) is 0.337. The number of nitro groups is 1. The average molecular weight is 395 g/mol. The summed E-state index contributed by atoms with van der Waals surface area (Å²) in [5, 5.41) is 11.2. The summed E-state index contributed by atoms with van der Waals surface area (Å²) in [5.41, 5.74) is 2.69. The molecule has 1 aromatic heterocycles. The minimum Gasteiger partial charge on any atom is -0.494 e. The van der Waals surface area contributed by atoms with Gasteiger partial charge in [0.15, 0.2) is 0 Å². The van der Waals surface area contributed by atoms with Crippen LogP contribution in [0.1, 0.15) is 19.4 Å². The lowest BCUT2D eigenvalue weighted by atomic mass is 9.92. The van der Waals surface area contributed by atoms with Crippen molar-refractivity contribution in [1.29, 1.82) is 0 Å². The van der Waals surface area contributed by atoms with E-state index in [1.54, 1.807) is 37.7 Å². The van der Waals surface area contributed by atoms with Gasteiger partial charge in [-0.2, -0.15) is 0 Å². The molecule has 0 saturated carbocycles. The summed E-state index contributed by atoms with van der Waals surface area (Å²) in [6, 6.07) is 16.8. The first kappa shape index (κ1) is 19.9. The maximum absolute atomic E-state index is 11.2. The molecule has 28 heavy (non-hydrogen) atoms. The molecule has 2 aromatic carbocycles. The molecule has 3 aromatic rings. The lowest BCUT2D eigenvalue weighted by Gasteiger charge is -2.27. The van der Waals surface area contributed by atoms with Crippen molar-refractivity contribution in [2.45, 2.75) is 24.3 Å². The number of para-hydroxylation sites is 1. The Morgan fingerprint density at radius 1 is 1.14 bits per heavy atom. The van der Waals surface area contributed by atoms with Crippen LogP contribution in [0, 0.1) is 10.1 Å². The normalized spacial score (nSPS) is 11.2. The van der Waals surface area contributed by atoms with Crippen LogP contribution in [0.4, 0.5) is 5.69 Å². The van der Waals surface area contributed by atoms with Crippen molar-refractivity contribution in [2.75, 3.05) is 7.11 Å². The van der Waals surface area contributed by atoms with E-state index in [1.165, 1.54) is 18.0 Å². The number of methoxy groups -OCH3 is 1. The molecule has 1 heterocycles. The van der Waals surface area contributed by atoms with Crippen LogP contribution >= 0.6 is 11.9 Å². The fourth-order valence-electron chi connectivity index (χ4n) is 2.79. The Hall–Kier alpha value is -2.90. The molecule has 0 aliphatic rings. The predicted molar refractivity (Wildman–Crippen MR) is 111 cm³/mol. The molecule has 0 aliphatic heterocycles. The second kappa shape index (κ2) is 8.41. The number of nitrogens with zero attached hydrogens (tertiary/aromatic N) is 2. The van der Waals surface area contributed by atoms with E-state index >= 15 is 0 Å². The number of nitrogens with one attached hydrogen (secondary N) is 1. The monoisotopic (exact) mass is 395 g/mol. The minimum atomic E-state index is -0.426. The lowest BCUT2D eigenvalue weighted by molar-refractivity contribution is -0.387. The molecule has 144 valence electrons. The number of nitro benzene ring substituents is 1. The Balaban J connectivity index is 1.86. The lowest BCUT2D eigenvalue weighted by Crippen LogP contribution is -2.31. The molecule has 0 bridgehead atoms. The number of aromatic nitrogens is 1. The predicted octanol–water partition coefficient (Wildman–Crippen LogP) is 5.20. The topological polar surface area (TPSA) is 77.3 Å². The summed E-state index contributed by atoms with van der Waals surface area (Å²) in [6.45, 7) is 4.08. The average Bonchev–Trinajstić information content (AvgIpc) is 2.72. The van der Waals surface area contributed by atoms with E-state index < -0.39 is 5.54 Å². The molecular formula is C21H21N3O3S. The highest BCUT2D eigenvalue weighted by Gasteiger charge is 2.23. The van der Waals surface area contributed by atoms with Gasteiger partial charge in [0, 0.05) is 23.4 Å². The van der Waals surface area contributed by atoms with Crippen molar-refractivity contribution in [3.8, 4) is 16.9 Å². The number of rotatable bonds is 7. The van der Waals surface area contributed by atoms with E-state index in [2.05, 4.69) is 15.8 Å². The van der Waals surface area contributed by atoms with Gasteiger partial charge >= 0.3 is 0 Å². The zero-order valence-corrected chi connectivity index (χ0v) is 16.7. The van der Waals surface area contributed by atoms with Crippen molar-refractivity contribution in [3.05, 3.63) is 82.7 Å². The number of hydrogen-bond donors (Lipinski definition) is 1. The Bertz CT molecular complexity index is 992. The van der Waals surface area contributed by atoms with Crippen LogP contribution in [0.15, 0.2) is 71.9 Å². The molecule has 7 heteroatoms. The number of benzene rings is 2. The largest absolute Gasteiger partial charge is 0.494 e. The maximum Gasteiger partial charge on any atom is 0.284 e. The second-order valence-electron chi connectivity index (χ2n) is 6.71. The van der Waals surface area contributed by atoms with Gasteiger partial charge in [0.25, 0.3) is 5.69 Å². The van der Waals surface area contributed by atoms with E-state index in [1.807, 2.05) is 38.1 Å². The van der Waals surface area contributed by atoms with Gasteiger partial charge in [-0.1, -0.05) is 30.3 Å². The van der Waals surface area contributed by atoms with Gasteiger partial charge in [-0.15, -0.1) is 0 Å². The number of pyridine rings is 1. The van der Waals surface area contributed by atoms with Crippen LogP contribution in [-0.4, -0.2) is 17.0 Å². The highest BCUT2D eigenvalue weighted by molar-refractivity contribution is 7.97. The second-order valence-corrected chi connectivity index (χ2v) is 7.56. The van der Waals surface area contributed by atoms with Gasteiger partial charge in [-0.05, 0) is 55.1 Å². The molecule has 0 spiro atoms. The van der Waals surface area contributed by atoms with Gasteiger partial charge in [0.1, 0.15) is 10.6 Å². The molecule has 0 fully saturated rings. The van der Waals surface area contributed by atoms with Gasteiger partial charge in [0.05, 0.1) is 18.2 Å². The highest BCUT2D eigenvalue weighted by atomic mass is 32.2. The fourth-order valence-corrected chi connectivity index (χ4v) is 3.67. The molecule has 0 radical (unpaired) electrons. The summed E-state index contributed by atoms with van der Waals surface area (Å²) >= 11 is 1.26. The first-order chi connectivity index (χ1) is 13.4. The van der Waals surface area contributed by atoms with Crippen LogP contribution in [0.25, 0.3) is 11.1 Å². The van der Waals surface area contributed by atoms with Crippen LogP contribution in [0.3, 0.4) is 0 Å². The Morgan fingerprint density at radius 2 is 1.93 bits per heavy atom. The first-order valence-electron chi connectivity index (χ1n) is 8.69. The number of ether oxygens (including phenoxy) is 1. The molecule has 6 nitrogen and oxygen atoms in total. The Morgan fingerprint density at radius 3 is 2.68 bits per heavy atom. The fraction of sp³-hybridized carbons (Fsp3) is 0.190. The van der Waals surface area contributed by atoms with Gasteiger partial charge in [0.2, 0.25) is 0 Å². The van der Waals surface area contributed by atoms with Crippen LogP contribution < -0.4 is 9.46 Å². The van der Waals surface area contributed by atoms with Gasteiger partial charge in [-0.25, -0.2) is 4.72 Å². The van der Waals surface area contributed by atoms with Crippen molar-refractivity contribution < 1.29 is 9.66 Å². The van der Waals surface area contributed by atoms with Crippen LogP contribution in [0.5, 0.6) is 5.75 Å². The van der Waals surface area contributed by atoms with E-state index in [4.69, 9.17) is 4.74 Å². The van der Waals surface area contributed by atoms with Crippen molar-refractivity contribution in [1.82, 2.24) is 9.71 Å². The van der Waals surface area contributed by atoms with Gasteiger partial charge < -0.3 is 4.74 Å². The SMILES string of the molecule is COc1cnccc1-c1cccc(C(C)(C)NSc2ccccc2[N+](=O)[O-])c1. The third-order valence-electron chi connectivity index (χ3n) is 4.38. The van der Waals surface area contributed by atoms with Crippen molar-refractivity contribution in [2.24, 2.45) is 0 Å². The number of hydrogen-bond acceptors (Lipinski definition) is 6. The summed E-state index contributed by atoms with van der Waals surface area (Å²) in [4.78, 5) is 15.5. The molecule has 3 rings (SSSR count). The first-order valence-corrected chi connectivity index (χ1v) is 9.50. The van der Waals surface area contributed by atoms with E-state index in [0.717, 1.165) is 16.7 Å². The Labute approximate surface area is 168 Å². The van der Waals surface area contributed by atoms with Crippen LogP contribution in [-0.2, 0) is 5.54 Å². The smallest absolute Gasteiger partial charge is 0.284 e. The van der Waals surface area contributed by atoms with E-state index in [9.17, 15) is 10.1 Å². The summed E-state index contributed by atoms with van der Waals surface area (Å²) in [6.07, 6.45) is 3.42. The molecular weight excluding hydrogens is 374 g/mol. The summed E-state index contributed by atoms with van der Waals surface area (Å²) < 4.78 is 8.78. The molecule has 0 amide bonds. The molecule has 0 atom stereocenters. The molecule has 0 aliphatic carbocycles. The van der Waals surface area contributed by atoms with Crippen molar-refractivity contribution in [3.63, 3.8) is 0 Å². The molecule has 0 saturated heterocycles. The standard InChI is InChI=1S/C21H21N3O3S/c1-21(2,23-28-20-10-5-4-9-18(20)24(25)26)16-8-6-7-15(13-16)17-11-12-22-14-19(17)27-3/h4-14,23H,1-3H3. The van der Waals surface area contributed by atoms with E-state index in [0.29, 0.717) is 10.6 Å². The zero-order valence-electron chi connectivity index (χ0n) is 15.9. The van der Waals surface area contributed by atoms with Crippen molar-refractivity contribution >= 4 is 17.6 Å². The highest BCUT2D eigenvalue weighted by Crippen LogP contribution is 2.34. The molecule has 0 unspecified atom stereocenters. The summed E-state index contributed by atoms with van der Waals surface area (Å²) in [5.74, 6) is 0.708. The minimum absolute atomic E-state index is 0.0890. The third-order valence-corrected chi connectivity index (χ3v) is 5.56. The van der Waals surface area contributed by atoms with E-state index in [-0.39, 0.29) is 10.6 Å².